The van der Waals surface area contributed by atoms with Crippen molar-refractivity contribution >= 4 is 11.8 Å². The highest BCUT2D eigenvalue weighted by molar-refractivity contribution is 5.85. The Morgan fingerprint density at radius 3 is 2.62 bits per heavy atom. The molecule has 1 fully saturated rings. The lowest BCUT2D eigenvalue weighted by Crippen LogP contribution is -2.49. The second-order valence-corrected chi connectivity index (χ2v) is 4.88. The molecule has 1 aromatic carbocycles. The van der Waals surface area contributed by atoms with Crippen molar-refractivity contribution in [1.29, 1.82) is 0 Å². The molecule has 114 valence electrons. The molecule has 1 N–H and O–H groups in total. The molecule has 0 aromatic heterocycles. The van der Waals surface area contributed by atoms with E-state index < -0.39 is 17.5 Å². The van der Waals surface area contributed by atoms with Gasteiger partial charge in [0.25, 0.3) is 0 Å². The fourth-order valence-corrected chi connectivity index (χ4v) is 2.19. The maximum absolute atomic E-state index is 13.4. The summed E-state index contributed by atoms with van der Waals surface area (Å²) in [5.74, 6) is -3.56. The van der Waals surface area contributed by atoms with Crippen molar-refractivity contribution in [1.82, 2.24) is 10.2 Å². The largest absolute Gasteiger partial charge is 0.353 e. The summed E-state index contributed by atoms with van der Waals surface area (Å²) in [5, 5.41) is 2.61. The van der Waals surface area contributed by atoms with E-state index in [1.807, 2.05) is 0 Å². The van der Waals surface area contributed by atoms with Crippen LogP contribution in [0, 0.1) is 17.5 Å². The Kier molecular flexibility index (Phi) is 4.82. The van der Waals surface area contributed by atoms with Crippen LogP contribution in [0.25, 0.3) is 0 Å². The summed E-state index contributed by atoms with van der Waals surface area (Å²) in [7, 11) is 0. The molecule has 1 aliphatic heterocycles. The summed E-state index contributed by atoms with van der Waals surface area (Å²) in [6.45, 7) is 0.894. The monoisotopic (exact) mass is 300 g/mol. The predicted molar refractivity (Wildman–Crippen MR) is 68.8 cm³/mol. The first-order valence-corrected chi connectivity index (χ1v) is 6.65. The molecule has 4 nitrogen and oxygen atoms in total. The zero-order valence-electron chi connectivity index (χ0n) is 11.3. The molecule has 1 aliphatic rings. The van der Waals surface area contributed by atoms with E-state index in [0.29, 0.717) is 25.6 Å². The number of halogens is 3. The minimum absolute atomic E-state index is 0.0262. The lowest BCUT2D eigenvalue weighted by molar-refractivity contribution is -0.138. The van der Waals surface area contributed by atoms with Gasteiger partial charge in [-0.2, -0.15) is 0 Å². The molecule has 0 radical (unpaired) electrons. The van der Waals surface area contributed by atoms with Crippen molar-refractivity contribution in [2.24, 2.45) is 0 Å². The van der Waals surface area contributed by atoms with Crippen LogP contribution < -0.4 is 5.32 Å². The highest BCUT2D eigenvalue weighted by atomic mass is 19.2. The average Bonchev–Trinajstić information content (AvgIpc) is 2.44. The highest BCUT2D eigenvalue weighted by Crippen LogP contribution is 2.16. The van der Waals surface area contributed by atoms with E-state index in [-0.39, 0.29) is 36.8 Å². The zero-order chi connectivity index (χ0) is 15.4. The third-order valence-corrected chi connectivity index (χ3v) is 3.32. The molecule has 0 atom stereocenters. The van der Waals surface area contributed by atoms with Crippen LogP contribution in [0.3, 0.4) is 0 Å². The van der Waals surface area contributed by atoms with Crippen molar-refractivity contribution in [3.8, 4) is 0 Å². The first-order valence-electron chi connectivity index (χ1n) is 6.65. The summed E-state index contributed by atoms with van der Waals surface area (Å²) in [6, 6.07) is 1.31. The van der Waals surface area contributed by atoms with E-state index in [1.54, 1.807) is 0 Å². The Balaban J connectivity index is 1.85. The number of carbonyl (C=O) groups excluding carboxylic acids is 2. The molecule has 21 heavy (non-hydrogen) atoms. The summed E-state index contributed by atoms with van der Waals surface area (Å²) >= 11 is 0. The number of rotatable bonds is 4. The van der Waals surface area contributed by atoms with Crippen LogP contribution in [-0.4, -0.2) is 36.3 Å². The molecule has 2 amide bonds. The third kappa shape index (κ3) is 3.96. The number of piperazine rings is 1. The standard InChI is InChI=1S/C14H15F3N2O2/c15-10-7-12(17)11(16)6-9(10)2-1-3-14(21)19-5-4-18-13(20)8-19/h6-7H,1-5,8H2,(H,18,20). The van der Waals surface area contributed by atoms with Gasteiger partial charge in [0.15, 0.2) is 11.6 Å². The fraction of sp³-hybridized carbons (Fsp3) is 0.429. The SMILES string of the molecule is O=C1CN(C(=O)CCCc2cc(F)c(F)cc2F)CCN1. The molecule has 0 saturated carbocycles. The molecule has 0 unspecified atom stereocenters. The minimum Gasteiger partial charge on any atom is -0.353 e. The number of amides is 2. The smallest absolute Gasteiger partial charge is 0.239 e. The first-order chi connectivity index (χ1) is 9.97. The van der Waals surface area contributed by atoms with Gasteiger partial charge in [-0.1, -0.05) is 0 Å². The van der Waals surface area contributed by atoms with E-state index in [0.717, 1.165) is 6.07 Å². The maximum Gasteiger partial charge on any atom is 0.239 e. The van der Waals surface area contributed by atoms with Gasteiger partial charge in [-0.3, -0.25) is 9.59 Å². The van der Waals surface area contributed by atoms with Gasteiger partial charge < -0.3 is 10.2 Å². The van der Waals surface area contributed by atoms with Crippen LogP contribution in [0.5, 0.6) is 0 Å². The molecule has 1 saturated heterocycles. The number of aryl methyl sites for hydroxylation is 1. The van der Waals surface area contributed by atoms with E-state index in [1.165, 1.54) is 4.90 Å². The van der Waals surface area contributed by atoms with E-state index in [9.17, 15) is 22.8 Å². The Bertz CT molecular complexity index is 563. The number of hydrogen-bond donors (Lipinski definition) is 1. The Hall–Kier alpha value is -2.05. The molecule has 0 bridgehead atoms. The summed E-state index contributed by atoms with van der Waals surface area (Å²) in [6.07, 6.45) is 0.569. The molecule has 0 spiro atoms. The summed E-state index contributed by atoms with van der Waals surface area (Å²) in [5.41, 5.74) is 0.0399. The first kappa shape index (κ1) is 15.3. The van der Waals surface area contributed by atoms with Gasteiger partial charge in [-0.15, -0.1) is 0 Å². The third-order valence-electron chi connectivity index (χ3n) is 3.32. The lowest BCUT2D eigenvalue weighted by atomic mass is 10.1. The van der Waals surface area contributed by atoms with Gasteiger partial charge in [0.1, 0.15) is 5.82 Å². The van der Waals surface area contributed by atoms with Crippen molar-refractivity contribution in [3.63, 3.8) is 0 Å². The van der Waals surface area contributed by atoms with Crippen molar-refractivity contribution in [3.05, 3.63) is 35.1 Å². The lowest BCUT2D eigenvalue weighted by Gasteiger charge is -2.26. The van der Waals surface area contributed by atoms with Gasteiger partial charge >= 0.3 is 0 Å². The van der Waals surface area contributed by atoms with Gasteiger partial charge in [0.05, 0.1) is 6.54 Å². The Morgan fingerprint density at radius 2 is 1.90 bits per heavy atom. The van der Waals surface area contributed by atoms with Gasteiger partial charge in [0.2, 0.25) is 11.8 Å². The number of nitrogens with one attached hydrogen (secondary N) is 1. The predicted octanol–water partition coefficient (Wildman–Crippen LogP) is 1.39. The molecular formula is C14H15F3N2O2. The Labute approximate surface area is 119 Å². The van der Waals surface area contributed by atoms with Crippen molar-refractivity contribution in [2.45, 2.75) is 19.3 Å². The topological polar surface area (TPSA) is 49.4 Å². The molecule has 0 aliphatic carbocycles. The summed E-state index contributed by atoms with van der Waals surface area (Å²) in [4.78, 5) is 24.4. The molecular weight excluding hydrogens is 285 g/mol. The second kappa shape index (κ2) is 6.60. The molecule has 1 aromatic rings. The van der Waals surface area contributed by atoms with Crippen LogP contribution in [0.15, 0.2) is 12.1 Å². The number of nitrogens with zero attached hydrogens (tertiary/aromatic N) is 1. The molecule has 1 heterocycles. The highest BCUT2D eigenvalue weighted by Gasteiger charge is 2.20. The van der Waals surface area contributed by atoms with E-state index >= 15 is 0 Å². The van der Waals surface area contributed by atoms with Crippen LogP contribution in [0.2, 0.25) is 0 Å². The fourth-order valence-electron chi connectivity index (χ4n) is 2.19. The number of carbonyl (C=O) groups is 2. The van der Waals surface area contributed by atoms with Crippen molar-refractivity contribution < 1.29 is 22.8 Å². The molecule has 2 rings (SSSR count). The van der Waals surface area contributed by atoms with Gasteiger partial charge in [-0.05, 0) is 24.5 Å². The van der Waals surface area contributed by atoms with Crippen LogP contribution in [-0.2, 0) is 16.0 Å². The van der Waals surface area contributed by atoms with Crippen LogP contribution in [0.1, 0.15) is 18.4 Å². The van der Waals surface area contributed by atoms with Gasteiger partial charge in [0, 0.05) is 25.6 Å². The number of hydrogen-bond acceptors (Lipinski definition) is 2. The molecule has 7 heteroatoms. The average molecular weight is 300 g/mol. The van der Waals surface area contributed by atoms with Gasteiger partial charge in [-0.25, -0.2) is 13.2 Å². The van der Waals surface area contributed by atoms with Crippen molar-refractivity contribution in [2.75, 3.05) is 19.6 Å². The second-order valence-electron chi connectivity index (χ2n) is 4.88. The quantitative estimate of drug-likeness (QED) is 0.854. The van der Waals surface area contributed by atoms with Crippen LogP contribution >= 0.6 is 0 Å². The Morgan fingerprint density at radius 1 is 1.19 bits per heavy atom. The normalized spacial score (nSPS) is 15.0. The zero-order valence-corrected chi connectivity index (χ0v) is 11.3. The van der Waals surface area contributed by atoms with Crippen LogP contribution in [0.4, 0.5) is 13.2 Å². The maximum atomic E-state index is 13.4. The summed E-state index contributed by atoms with van der Waals surface area (Å²) < 4.78 is 39.2. The minimum atomic E-state index is -1.23. The number of benzene rings is 1. The van der Waals surface area contributed by atoms with E-state index in [4.69, 9.17) is 0 Å². The van der Waals surface area contributed by atoms with E-state index in [2.05, 4.69) is 5.32 Å².